The van der Waals surface area contributed by atoms with Crippen LogP contribution in [0, 0.1) is 5.41 Å². The zero-order valence-electron chi connectivity index (χ0n) is 10.5. The molecule has 1 nitrogen and oxygen atoms in total. The van der Waals surface area contributed by atoms with Crippen LogP contribution in [0.4, 0.5) is 0 Å². The van der Waals surface area contributed by atoms with Gasteiger partial charge < -0.3 is 4.74 Å². The molecular weight excluding hydrogens is 308 g/mol. The Morgan fingerprint density at radius 3 is 2.83 bits per heavy atom. The van der Waals surface area contributed by atoms with Gasteiger partial charge >= 0.3 is 0 Å². The van der Waals surface area contributed by atoms with Crippen molar-refractivity contribution in [2.45, 2.75) is 30.1 Å². The number of hydrogen-bond acceptors (Lipinski definition) is 2. The molecule has 0 bridgehead atoms. The Hall–Kier alpha value is 0.01000. The topological polar surface area (TPSA) is 9.23 Å². The third-order valence-electron chi connectivity index (χ3n) is 4.32. The number of rotatable bonds is 3. The first kappa shape index (κ1) is 13.0. The number of fused-ring (bicyclic) bond motifs is 1. The summed E-state index contributed by atoms with van der Waals surface area (Å²) in [6, 6.07) is 8.93. The van der Waals surface area contributed by atoms with Crippen LogP contribution in [0.1, 0.15) is 30.7 Å². The van der Waals surface area contributed by atoms with Gasteiger partial charge in [0.25, 0.3) is 0 Å². The average Bonchev–Trinajstić information content (AvgIpc) is 2.83. The lowest BCUT2D eigenvalue weighted by Crippen LogP contribution is -2.33. The van der Waals surface area contributed by atoms with Crippen LogP contribution < -0.4 is 0 Å². The molecule has 98 valence electrons. The fourth-order valence-electron chi connectivity index (χ4n) is 3.12. The van der Waals surface area contributed by atoms with E-state index in [4.69, 9.17) is 4.74 Å². The average molecular weight is 327 g/mol. The van der Waals surface area contributed by atoms with Crippen molar-refractivity contribution < 1.29 is 4.74 Å². The van der Waals surface area contributed by atoms with Gasteiger partial charge in [-0.2, -0.15) is 0 Å². The standard InChI is InChI=1S/C15H19BrOS/c16-11-15(5-7-17-8-6-15)9-12-10-18-14-4-2-1-3-13(12)14/h1-4,12H,5-11H2. The summed E-state index contributed by atoms with van der Waals surface area (Å²) >= 11 is 5.78. The second kappa shape index (κ2) is 5.56. The number of ether oxygens (including phenoxy) is 1. The Morgan fingerprint density at radius 1 is 1.28 bits per heavy atom. The van der Waals surface area contributed by atoms with Crippen LogP contribution in [-0.4, -0.2) is 24.3 Å². The van der Waals surface area contributed by atoms with Gasteiger partial charge in [0.05, 0.1) is 0 Å². The molecule has 3 rings (SSSR count). The molecule has 3 heteroatoms. The molecule has 1 aromatic rings. The number of benzene rings is 1. The van der Waals surface area contributed by atoms with Crippen LogP contribution in [0.25, 0.3) is 0 Å². The van der Waals surface area contributed by atoms with Gasteiger partial charge in [-0.15, -0.1) is 11.8 Å². The summed E-state index contributed by atoms with van der Waals surface area (Å²) in [7, 11) is 0. The molecule has 0 N–H and O–H groups in total. The van der Waals surface area contributed by atoms with E-state index in [0.717, 1.165) is 24.5 Å². The molecule has 2 heterocycles. The van der Waals surface area contributed by atoms with Gasteiger partial charge in [-0.3, -0.25) is 0 Å². The third kappa shape index (κ3) is 2.50. The minimum Gasteiger partial charge on any atom is -0.381 e. The van der Waals surface area contributed by atoms with Crippen molar-refractivity contribution in [3.8, 4) is 0 Å². The van der Waals surface area contributed by atoms with E-state index in [9.17, 15) is 0 Å². The van der Waals surface area contributed by atoms with Gasteiger partial charge in [-0.05, 0) is 42.2 Å². The van der Waals surface area contributed by atoms with Crippen molar-refractivity contribution in [2.75, 3.05) is 24.3 Å². The second-order valence-corrected chi connectivity index (χ2v) is 7.12. The lowest BCUT2D eigenvalue weighted by Gasteiger charge is -2.37. The van der Waals surface area contributed by atoms with Crippen LogP contribution in [0.2, 0.25) is 0 Å². The molecule has 1 atom stereocenters. The van der Waals surface area contributed by atoms with Crippen molar-refractivity contribution in [3.63, 3.8) is 0 Å². The van der Waals surface area contributed by atoms with Crippen molar-refractivity contribution in [1.82, 2.24) is 0 Å². The van der Waals surface area contributed by atoms with Crippen molar-refractivity contribution in [1.29, 1.82) is 0 Å². The molecule has 0 amide bonds. The summed E-state index contributed by atoms with van der Waals surface area (Å²) in [5.41, 5.74) is 2.04. The summed E-state index contributed by atoms with van der Waals surface area (Å²) in [6.07, 6.45) is 3.73. The van der Waals surface area contributed by atoms with Gasteiger partial charge in [0, 0.05) is 29.2 Å². The summed E-state index contributed by atoms with van der Waals surface area (Å²) in [4.78, 5) is 1.50. The zero-order valence-corrected chi connectivity index (χ0v) is 12.9. The molecule has 0 aliphatic carbocycles. The fraction of sp³-hybridized carbons (Fsp3) is 0.600. The van der Waals surface area contributed by atoms with Gasteiger partial charge in [-0.25, -0.2) is 0 Å². The Morgan fingerprint density at radius 2 is 2.06 bits per heavy atom. The largest absolute Gasteiger partial charge is 0.381 e. The molecule has 1 saturated heterocycles. The summed E-state index contributed by atoms with van der Waals surface area (Å²) in [6.45, 7) is 1.88. The minimum atomic E-state index is 0.459. The van der Waals surface area contributed by atoms with E-state index in [2.05, 4.69) is 40.2 Å². The predicted molar refractivity (Wildman–Crippen MR) is 80.8 cm³/mol. The Balaban J connectivity index is 1.77. The molecule has 1 unspecified atom stereocenters. The Kier molecular flexibility index (Phi) is 4.02. The molecule has 0 spiro atoms. The van der Waals surface area contributed by atoms with Crippen LogP contribution in [0.5, 0.6) is 0 Å². The first-order valence-electron chi connectivity index (χ1n) is 6.68. The Bertz CT molecular complexity index is 415. The van der Waals surface area contributed by atoms with E-state index < -0.39 is 0 Å². The van der Waals surface area contributed by atoms with Gasteiger partial charge in [0.15, 0.2) is 0 Å². The fourth-order valence-corrected chi connectivity index (χ4v) is 5.16. The summed E-state index contributed by atoms with van der Waals surface area (Å²) in [5, 5.41) is 1.12. The maximum Gasteiger partial charge on any atom is 0.0471 e. The maximum absolute atomic E-state index is 5.53. The molecule has 2 aliphatic rings. The monoisotopic (exact) mass is 326 g/mol. The first-order chi connectivity index (χ1) is 8.83. The van der Waals surface area contributed by atoms with Gasteiger partial charge in [-0.1, -0.05) is 34.1 Å². The zero-order chi connectivity index (χ0) is 12.4. The van der Waals surface area contributed by atoms with E-state index in [1.165, 1.54) is 29.9 Å². The molecule has 0 saturated carbocycles. The van der Waals surface area contributed by atoms with Gasteiger partial charge in [0.2, 0.25) is 0 Å². The lowest BCUT2D eigenvalue weighted by atomic mass is 9.74. The van der Waals surface area contributed by atoms with Crippen LogP contribution >= 0.6 is 27.7 Å². The molecule has 2 aliphatic heterocycles. The quantitative estimate of drug-likeness (QED) is 0.758. The maximum atomic E-state index is 5.53. The highest BCUT2D eigenvalue weighted by atomic mass is 79.9. The Labute approximate surface area is 122 Å². The SMILES string of the molecule is BrCC1(CC2CSc3ccccc32)CCOCC1. The normalized spacial score (nSPS) is 25.9. The van der Waals surface area contributed by atoms with Crippen molar-refractivity contribution >= 4 is 27.7 Å². The number of thioether (sulfide) groups is 1. The smallest absolute Gasteiger partial charge is 0.0471 e. The number of alkyl halides is 1. The van der Waals surface area contributed by atoms with Gasteiger partial charge in [0.1, 0.15) is 0 Å². The third-order valence-corrected chi connectivity index (χ3v) is 6.76. The van der Waals surface area contributed by atoms with E-state index >= 15 is 0 Å². The summed E-state index contributed by atoms with van der Waals surface area (Å²) < 4.78 is 5.53. The highest BCUT2D eigenvalue weighted by Gasteiger charge is 2.36. The number of halogens is 1. The van der Waals surface area contributed by atoms with Crippen LogP contribution in [0.3, 0.4) is 0 Å². The summed E-state index contributed by atoms with van der Waals surface area (Å²) in [5.74, 6) is 2.00. The van der Waals surface area contributed by atoms with Crippen molar-refractivity contribution in [3.05, 3.63) is 29.8 Å². The molecule has 0 radical (unpaired) electrons. The minimum absolute atomic E-state index is 0.459. The van der Waals surface area contributed by atoms with Crippen molar-refractivity contribution in [2.24, 2.45) is 5.41 Å². The van der Waals surface area contributed by atoms with E-state index in [-0.39, 0.29) is 0 Å². The molecule has 1 fully saturated rings. The number of hydrogen-bond donors (Lipinski definition) is 0. The van der Waals surface area contributed by atoms with E-state index in [1.54, 1.807) is 5.56 Å². The second-order valence-electron chi connectivity index (χ2n) is 5.50. The van der Waals surface area contributed by atoms with Crippen LogP contribution in [0.15, 0.2) is 29.2 Å². The predicted octanol–water partition coefficient (Wildman–Crippen LogP) is 4.46. The van der Waals surface area contributed by atoms with Crippen LogP contribution in [-0.2, 0) is 4.74 Å². The lowest BCUT2D eigenvalue weighted by molar-refractivity contribution is 0.0203. The van der Waals surface area contributed by atoms with E-state index in [1.807, 2.05) is 11.8 Å². The van der Waals surface area contributed by atoms with E-state index in [0.29, 0.717) is 5.41 Å². The molecule has 1 aromatic carbocycles. The molecular formula is C15H19BrOS. The first-order valence-corrected chi connectivity index (χ1v) is 8.79. The highest BCUT2D eigenvalue weighted by molar-refractivity contribution is 9.09. The highest BCUT2D eigenvalue weighted by Crippen LogP contribution is 2.48. The molecule has 0 aromatic heterocycles. The molecule has 18 heavy (non-hydrogen) atoms.